The van der Waals surface area contributed by atoms with Crippen LogP contribution in [0.25, 0.3) is 0 Å². The number of likely N-dealkylation sites (tertiary alicyclic amines) is 1. The van der Waals surface area contributed by atoms with E-state index in [1.807, 2.05) is 18.7 Å². The lowest BCUT2D eigenvalue weighted by molar-refractivity contribution is 0.0192. The summed E-state index contributed by atoms with van der Waals surface area (Å²) in [6, 6.07) is 9.90. The SMILES string of the molecule is CCOC(=O)N1C2CCC1CC(N1CCC3(CC1)CN(C(=O)c1scnc1C)Cc1ccccc13)C2. The van der Waals surface area contributed by atoms with Gasteiger partial charge in [-0.15, -0.1) is 11.3 Å². The number of rotatable bonds is 3. The number of fused-ring (bicyclic) bond motifs is 4. The van der Waals surface area contributed by atoms with E-state index >= 15 is 0 Å². The normalized spacial score (nSPS) is 27.2. The Hall–Kier alpha value is -2.45. The Morgan fingerprint density at radius 1 is 1.11 bits per heavy atom. The van der Waals surface area contributed by atoms with Crippen LogP contribution in [0.1, 0.15) is 71.9 Å². The molecule has 0 N–H and O–H groups in total. The number of nitrogens with zero attached hydrogens (tertiary/aromatic N) is 4. The van der Waals surface area contributed by atoms with Gasteiger partial charge in [0, 0.05) is 36.6 Å². The second kappa shape index (κ2) is 9.45. The predicted molar refractivity (Wildman–Crippen MR) is 139 cm³/mol. The Bertz CT molecular complexity index is 1130. The van der Waals surface area contributed by atoms with Gasteiger partial charge in [-0.3, -0.25) is 4.79 Å². The van der Waals surface area contributed by atoms with Gasteiger partial charge in [-0.2, -0.15) is 0 Å². The van der Waals surface area contributed by atoms with Crippen molar-refractivity contribution in [2.45, 2.75) is 82.5 Å². The summed E-state index contributed by atoms with van der Waals surface area (Å²) in [6.45, 7) is 7.78. The first kappa shape index (κ1) is 23.9. The number of hydrogen-bond acceptors (Lipinski definition) is 6. The molecule has 0 aliphatic carbocycles. The van der Waals surface area contributed by atoms with Crippen LogP contribution in [-0.2, 0) is 16.7 Å². The molecule has 5 heterocycles. The van der Waals surface area contributed by atoms with E-state index in [2.05, 4.69) is 39.0 Å². The van der Waals surface area contributed by atoms with Crippen molar-refractivity contribution >= 4 is 23.3 Å². The summed E-state index contributed by atoms with van der Waals surface area (Å²) in [5, 5.41) is 0. The first-order valence-electron chi connectivity index (χ1n) is 13.5. The van der Waals surface area contributed by atoms with Gasteiger partial charge in [0.05, 0.1) is 17.8 Å². The number of thiazole rings is 1. The molecule has 6 rings (SSSR count). The van der Waals surface area contributed by atoms with Crippen molar-refractivity contribution in [2.24, 2.45) is 0 Å². The summed E-state index contributed by atoms with van der Waals surface area (Å²) in [6.07, 6.45) is 6.28. The molecular weight excluding hydrogens is 472 g/mol. The van der Waals surface area contributed by atoms with Crippen molar-refractivity contribution in [3.8, 4) is 0 Å². The van der Waals surface area contributed by atoms with Crippen molar-refractivity contribution in [1.29, 1.82) is 0 Å². The van der Waals surface area contributed by atoms with Crippen LogP contribution in [0.15, 0.2) is 29.8 Å². The summed E-state index contributed by atoms with van der Waals surface area (Å²) in [4.78, 5) is 37.9. The number of aromatic nitrogens is 1. The van der Waals surface area contributed by atoms with Gasteiger partial charge in [0.15, 0.2) is 0 Å². The smallest absolute Gasteiger partial charge is 0.410 e. The summed E-state index contributed by atoms with van der Waals surface area (Å²) in [5.41, 5.74) is 5.33. The van der Waals surface area contributed by atoms with Crippen molar-refractivity contribution in [2.75, 3.05) is 26.2 Å². The number of aryl methyl sites for hydroxylation is 1. The van der Waals surface area contributed by atoms with Crippen LogP contribution in [-0.4, -0.2) is 76.1 Å². The number of hydrogen-bond donors (Lipinski definition) is 0. The molecule has 36 heavy (non-hydrogen) atoms. The monoisotopic (exact) mass is 508 g/mol. The molecule has 1 spiro atoms. The van der Waals surface area contributed by atoms with Crippen LogP contribution in [0.2, 0.25) is 0 Å². The third-order valence-electron chi connectivity index (χ3n) is 9.13. The lowest BCUT2D eigenvalue weighted by atomic mass is 9.68. The maximum absolute atomic E-state index is 13.5. The maximum Gasteiger partial charge on any atom is 0.410 e. The molecule has 0 radical (unpaired) electrons. The van der Waals surface area contributed by atoms with Crippen LogP contribution in [0, 0.1) is 6.92 Å². The minimum atomic E-state index is -0.124. The van der Waals surface area contributed by atoms with Gasteiger partial charge in [0.2, 0.25) is 0 Å². The van der Waals surface area contributed by atoms with E-state index in [4.69, 9.17) is 4.74 Å². The largest absolute Gasteiger partial charge is 0.450 e. The molecule has 4 aliphatic heterocycles. The minimum absolute atomic E-state index is 0.00418. The lowest BCUT2D eigenvalue weighted by Gasteiger charge is -2.51. The quantitative estimate of drug-likeness (QED) is 0.607. The zero-order valence-electron chi connectivity index (χ0n) is 21.3. The van der Waals surface area contributed by atoms with Crippen LogP contribution in [0.4, 0.5) is 4.79 Å². The van der Waals surface area contributed by atoms with Crippen LogP contribution in [0.3, 0.4) is 0 Å². The zero-order chi connectivity index (χ0) is 24.9. The Labute approximate surface area is 217 Å². The van der Waals surface area contributed by atoms with E-state index in [-0.39, 0.29) is 17.4 Å². The first-order valence-corrected chi connectivity index (χ1v) is 14.3. The average Bonchev–Trinajstić information content (AvgIpc) is 3.43. The molecule has 192 valence electrons. The first-order chi connectivity index (χ1) is 17.5. The summed E-state index contributed by atoms with van der Waals surface area (Å²) in [5.74, 6) is 0.120. The minimum Gasteiger partial charge on any atom is -0.450 e. The Kier molecular flexibility index (Phi) is 6.28. The fourth-order valence-corrected chi connectivity index (χ4v) is 8.14. The standard InChI is InChI=1S/C28H36N4O3S/c1-3-35-27(34)32-21-8-9-22(32)15-23(14-21)30-12-10-28(11-13-30)17-31(16-20-6-4-5-7-24(20)28)26(33)25-19(2)29-18-36-25/h4-7,18,21-23H,3,8-17H2,1-2H3. The highest BCUT2D eigenvalue weighted by Gasteiger charge is 2.48. The fraction of sp³-hybridized carbons (Fsp3) is 0.607. The van der Waals surface area contributed by atoms with E-state index in [0.29, 0.717) is 31.3 Å². The highest BCUT2D eigenvalue weighted by Crippen LogP contribution is 2.45. The fourth-order valence-electron chi connectivity index (χ4n) is 7.37. The topological polar surface area (TPSA) is 66.0 Å². The van der Waals surface area contributed by atoms with Gasteiger partial charge in [-0.1, -0.05) is 24.3 Å². The molecule has 3 saturated heterocycles. The zero-order valence-corrected chi connectivity index (χ0v) is 22.1. The highest BCUT2D eigenvalue weighted by atomic mass is 32.1. The van der Waals surface area contributed by atoms with Crippen LogP contribution >= 0.6 is 11.3 Å². The second-order valence-electron chi connectivity index (χ2n) is 11.0. The molecule has 8 heteroatoms. The van der Waals surface area contributed by atoms with E-state index in [1.165, 1.54) is 22.5 Å². The van der Waals surface area contributed by atoms with Gasteiger partial charge in [-0.25, -0.2) is 9.78 Å². The molecule has 3 fully saturated rings. The third-order valence-corrected chi connectivity index (χ3v) is 10.0. The van der Waals surface area contributed by atoms with E-state index in [9.17, 15) is 9.59 Å². The van der Waals surface area contributed by atoms with Crippen molar-refractivity contribution in [1.82, 2.24) is 19.7 Å². The molecule has 4 aliphatic rings. The Morgan fingerprint density at radius 2 is 1.83 bits per heavy atom. The summed E-state index contributed by atoms with van der Waals surface area (Å²) >= 11 is 1.45. The van der Waals surface area contributed by atoms with E-state index < -0.39 is 0 Å². The number of carbonyl (C=O) groups is 2. The molecule has 0 saturated carbocycles. The molecule has 2 atom stereocenters. The molecule has 2 unspecified atom stereocenters. The molecule has 1 aromatic heterocycles. The van der Waals surface area contributed by atoms with Crippen molar-refractivity contribution < 1.29 is 14.3 Å². The van der Waals surface area contributed by atoms with Gasteiger partial charge in [0.25, 0.3) is 5.91 Å². The van der Waals surface area contributed by atoms with Gasteiger partial charge < -0.3 is 19.4 Å². The number of ether oxygens (including phenoxy) is 1. The molecule has 1 aromatic carbocycles. The molecule has 2 amide bonds. The Balaban J connectivity index is 1.18. The van der Waals surface area contributed by atoms with Crippen molar-refractivity contribution in [3.63, 3.8) is 0 Å². The summed E-state index contributed by atoms with van der Waals surface area (Å²) < 4.78 is 5.35. The van der Waals surface area contributed by atoms with Gasteiger partial charge in [-0.05, 0) is 76.6 Å². The van der Waals surface area contributed by atoms with E-state index in [1.54, 1.807) is 5.51 Å². The van der Waals surface area contributed by atoms with Gasteiger partial charge >= 0.3 is 6.09 Å². The summed E-state index contributed by atoms with van der Waals surface area (Å²) in [7, 11) is 0. The second-order valence-corrected chi connectivity index (χ2v) is 11.9. The average molecular weight is 509 g/mol. The van der Waals surface area contributed by atoms with Gasteiger partial charge in [0.1, 0.15) is 4.88 Å². The maximum atomic E-state index is 13.5. The van der Waals surface area contributed by atoms with E-state index in [0.717, 1.165) is 68.7 Å². The number of piperidine rings is 2. The third kappa shape index (κ3) is 4.02. The molecule has 7 nitrogen and oxygen atoms in total. The number of amides is 2. The number of carbonyl (C=O) groups excluding carboxylic acids is 2. The predicted octanol–water partition coefficient (Wildman–Crippen LogP) is 4.59. The molecule has 2 aromatic rings. The van der Waals surface area contributed by atoms with Crippen LogP contribution in [0.5, 0.6) is 0 Å². The molecule has 2 bridgehead atoms. The van der Waals surface area contributed by atoms with Crippen molar-refractivity contribution in [3.05, 3.63) is 51.5 Å². The lowest BCUT2D eigenvalue weighted by Crippen LogP contribution is -2.57. The number of benzene rings is 1. The molecular formula is C28H36N4O3S. The van der Waals surface area contributed by atoms with Crippen LogP contribution < -0.4 is 0 Å². The Morgan fingerprint density at radius 3 is 2.50 bits per heavy atom. The highest BCUT2D eigenvalue weighted by molar-refractivity contribution is 7.11.